The van der Waals surface area contributed by atoms with Crippen LogP contribution in [0, 0.1) is 0 Å². The summed E-state index contributed by atoms with van der Waals surface area (Å²) >= 11 is 6.16. The Kier molecular flexibility index (Phi) is 7.28. The van der Waals surface area contributed by atoms with Gasteiger partial charge in [-0.3, -0.25) is 9.09 Å². The van der Waals surface area contributed by atoms with E-state index in [4.69, 9.17) is 20.9 Å². The molecule has 15 heteroatoms. The molecule has 1 saturated carbocycles. The zero-order chi connectivity index (χ0) is 25.8. The van der Waals surface area contributed by atoms with Crippen molar-refractivity contribution in [2.45, 2.75) is 75.0 Å². The van der Waals surface area contributed by atoms with Gasteiger partial charge in [-0.25, -0.2) is 13.4 Å². The maximum absolute atomic E-state index is 12.9. The predicted octanol–water partition coefficient (Wildman–Crippen LogP) is 2.04. The summed E-state index contributed by atoms with van der Waals surface area (Å²) in [4.78, 5) is 16.0. The van der Waals surface area contributed by atoms with E-state index in [1.807, 2.05) is 0 Å². The van der Waals surface area contributed by atoms with Crippen LogP contribution >= 0.6 is 19.2 Å². The molecule has 5 atom stereocenters. The van der Waals surface area contributed by atoms with E-state index in [-0.39, 0.29) is 11.3 Å². The minimum absolute atomic E-state index is 0.0167. The number of ether oxygens (including phenoxy) is 1. The molecule has 1 saturated heterocycles. The third-order valence-electron chi connectivity index (χ3n) is 6.37. The third-order valence-corrected chi connectivity index (χ3v) is 9.81. The molecule has 4 rings (SSSR count). The van der Waals surface area contributed by atoms with Gasteiger partial charge in [0.25, 0.3) is 0 Å². The zero-order valence-corrected chi connectivity index (χ0v) is 22.0. The van der Waals surface area contributed by atoms with Crippen LogP contribution < -0.4 is 5.32 Å². The van der Waals surface area contributed by atoms with Crippen molar-refractivity contribution in [1.82, 2.24) is 14.5 Å². The molecule has 0 bridgehead atoms. The molecular formula is C20H30ClN4O8PS. The number of sulfone groups is 1. The predicted molar refractivity (Wildman–Crippen MR) is 129 cm³/mol. The first-order valence-electron chi connectivity index (χ1n) is 11.2. The zero-order valence-electron chi connectivity index (χ0n) is 19.5. The van der Waals surface area contributed by atoms with Gasteiger partial charge in [0.1, 0.15) is 29.8 Å². The lowest BCUT2D eigenvalue weighted by Crippen LogP contribution is -2.43. The average Bonchev–Trinajstić information content (AvgIpc) is 3.43. The second-order valence-corrected chi connectivity index (χ2v) is 14.2. The number of aromatic nitrogens is 3. The van der Waals surface area contributed by atoms with Gasteiger partial charge in [0.15, 0.2) is 21.0 Å². The Bertz CT molecular complexity index is 1240. The maximum Gasteiger partial charge on any atom is 0.326 e. The summed E-state index contributed by atoms with van der Waals surface area (Å²) in [6.45, 7) is 3.16. The molecule has 0 amide bonds. The number of halogens is 1. The molecule has 2 aromatic heterocycles. The molecule has 196 valence electrons. The molecule has 1 unspecified atom stereocenters. The van der Waals surface area contributed by atoms with Crippen molar-refractivity contribution in [2.24, 2.45) is 0 Å². The quantitative estimate of drug-likeness (QED) is 0.279. The first-order valence-corrected chi connectivity index (χ1v) is 15.3. The van der Waals surface area contributed by atoms with Crippen LogP contribution in [-0.2, 0) is 23.7 Å². The minimum atomic E-state index is -4.21. The summed E-state index contributed by atoms with van der Waals surface area (Å²) in [5.41, 5.74) is 0.348. The van der Waals surface area contributed by atoms with Gasteiger partial charge in [-0.05, 0) is 44.4 Å². The van der Waals surface area contributed by atoms with Crippen molar-refractivity contribution in [3.63, 3.8) is 0 Å². The molecular weight excluding hydrogens is 523 g/mol. The van der Waals surface area contributed by atoms with Crippen LogP contribution in [0.5, 0.6) is 0 Å². The summed E-state index contributed by atoms with van der Waals surface area (Å²) in [7, 11) is -8.34. The van der Waals surface area contributed by atoms with Gasteiger partial charge in [0, 0.05) is 18.9 Å². The van der Waals surface area contributed by atoms with E-state index in [1.54, 1.807) is 12.3 Å². The Morgan fingerprint density at radius 3 is 2.57 bits per heavy atom. The summed E-state index contributed by atoms with van der Waals surface area (Å²) in [6, 6.07) is 1.99. The normalized spacial score (nSPS) is 28.0. The van der Waals surface area contributed by atoms with Gasteiger partial charge in [0.05, 0.1) is 11.1 Å². The van der Waals surface area contributed by atoms with Gasteiger partial charge >= 0.3 is 7.60 Å². The fourth-order valence-electron chi connectivity index (χ4n) is 4.56. The van der Waals surface area contributed by atoms with Crippen LogP contribution in [0.3, 0.4) is 0 Å². The monoisotopic (exact) mass is 552 g/mol. The smallest absolute Gasteiger partial charge is 0.326 e. The molecule has 1 aliphatic heterocycles. The molecule has 0 aromatic carbocycles. The SMILES string of the molecule is CC(C)(OP(C)(=O)O)S(=O)(=O)C[C@H]1O[C@@H](n2ccc3c(NC4CCCC4)nc(Cl)nc32)[C@H](O)[C@@H]1O. The number of hydrogen-bond acceptors (Lipinski definition) is 10. The second-order valence-electron chi connectivity index (χ2n) is 9.55. The molecule has 4 N–H and O–H groups in total. The van der Waals surface area contributed by atoms with Crippen LogP contribution in [-0.4, -0.2) is 79.8 Å². The Morgan fingerprint density at radius 2 is 1.94 bits per heavy atom. The van der Waals surface area contributed by atoms with Gasteiger partial charge in [0.2, 0.25) is 5.28 Å². The Hall–Kier alpha value is -1.31. The van der Waals surface area contributed by atoms with E-state index >= 15 is 0 Å². The van der Waals surface area contributed by atoms with Crippen molar-refractivity contribution >= 4 is 45.9 Å². The van der Waals surface area contributed by atoms with E-state index in [0.717, 1.165) is 46.2 Å². The van der Waals surface area contributed by atoms with E-state index in [1.165, 1.54) is 4.57 Å². The molecule has 2 fully saturated rings. The Labute approximate surface area is 208 Å². The highest BCUT2D eigenvalue weighted by Gasteiger charge is 2.49. The number of nitrogens with zero attached hydrogens (tertiary/aromatic N) is 3. The second kappa shape index (κ2) is 9.53. The van der Waals surface area contributed by atoms with Crippen molar-refractivity contribution in [2.75, 3.05) is 17.7 Å². The number of rotatable bonds is 8. The summed E-state index contributed by atoms with van der Waals surface area (Å²) in [5.74, 6) is -0.206. The first kappa shape index (κ1) is 26.7. The van der Waals surface area contributed by atoms with E-state index < -0.39 is 52.7 Å². The summed E-state index contributed by atoms with van der Waals surface area (Å²) in [6.07, 6.45) is 0.349. The lowest BCUT2D eigenvalue weighted by Gasteiger charge is -2.28. The average molecular weight is 553 g/mol. The van der Waals surface area contributed by atoms with E-state index in [0.29, 0.717) is 16.9 Å². The molecule has 3 heterocycles. The lowest BCUT2D eigenvalue weighted by molar-refractivity contribution is -0.0291. The fraction of sp³-hybridized carbons (Fsp3) is 0.700. The number of nitrogens with one attached hydrogen (secondary N) is 1. The highest BCUT2D eigenvalue weighted by Crippen LogP contribution is 2.44. The van der Waals surface area contributed by atoms with Crippen LogP contribution in [0.2, 0.25) is 5.28 Å². The molecule has 2 aromatic rings. The van der Waals surface area contributed by atoms with Crippen LogP contribution in [0.1, 0.15) is 45.8 Å². The highest BCUT2D eigenvalue weighted by molar-refractivity contribution is 7.92. The summed E-state index contributed by atoms with van der Waals surface area (Å²) in [5, 5.41) is 25.3. The standard InChI is InChI=1S/C20H30ClN4O8PS/c1-20(2,33-34(3,28)29)35(30,31)10-13-14(26)15(27)18(32-13)25-9-8-12-16(22-11-6-4-5-7-11)23-19(21)24-17(12)25/h8-9,11,13-15,18,26-27H,4-7,10H2,1-3H3,(H,28,29)(H,22,23,24)/t13-,14-,15-,18-/m1/s1. The van der Waals surface area contributed by atoms with Crippen LogP contribution in [0.4, 0.5) is 5.82 Å². The van der Waals surface area contributed by atoms with Gasteiger partial charge in [-0.2, -0.15) is 4.98 Å². The van der Waals surface area contributed by atoms with Crippen molar-refractivity contribution < 1.29 is 37.3 Å². The number of hydrogen-bond donors (Lipinski definition) is 4. The van der Waals surface area contributed by atoms with E-state index in [2.05, 4.69) is 15.3 Å². The number of aliphatic hydroxyl groups excluding tert-OH is 2. The molecule has 35 heavy (non-hydrogen) atoms. The maximum atomic E-state index is 12.9. The molecule has 1 aliphatic carbocycles. The van der Waals surface area contributed by atoms with Gasteiger partial charge in [-0.15, -0.1) is 0 Å². The molecule has 0 spiro atoms. The Balaban J connectivity index is 1.59. The Morgan fingerprint density at radius 1 is 1.29 bits per heavy atom. The van der Waals surface area contributed by atoms with Crippen molar-refractivity contribution in [1.29, 1.82) is 0 Å². The fourth-order valence-corrected chi connectivity index (χ4v) is 7.52. The van der Waals surface area contributed by atoms with Crippen molar-refractivity contribution in [3.05, 3.63) is 17.5 Å². The number of aliphatic hydroxyl groups is 2. The molecule has 12 nitrogen and oxygen atoms in total. The largest absolute Gasteiger partial charge is 0.387 e. The van der Waals surface area contributed by atoms with Crippen LogP contribution in [0.15, 0.2) is 12.3 Å². The lowest BCUT2D eigenvalue weighted by atomic mass is 10.1. The third kappa shape index (κ3) is 5.52. The molecule has 0 radical (unpaired) electrons. The van der Waals surface area contributed by atoms with Gasteiger partial charge < -0.3 is 29.7 Å². The number of fused-ring (bicyclic) bond motifs is 1. The minimum Gasteiger partial charge on any atom is -0.387 e. The van der Waals surface area contributed by atoms with E-state index in [9.17, 15) is 28.1 Å². The van der Waals surface area contributed by atoms with Crippen LogP contribution in [0.25, 0.3) is 11.0 Å². The summed E-state index contributed by atoms with van der Waals surface area (Å²) < 4.78 is 49.6. The topological polar surface area (TPSA) is 173 Å². The first-order chi connectivity index (χ1) is 16.2. The van der Waals surface area contributed by atoms with Crippen molar-refractivity contribution in [3.8, 4) is 0 Å². The molecule has 2 aliphatic rings. The number of anilines is 1. The highest BCUT2D eigenvalue weighted by atomic mass is 35.5. The van der Waals surface area contributed by atoms with Gasteiger partial charge in [-0.1, -0.05) is 12.8 Å².